The van der Waals surface area contributed by atoms with E-state index in [0.29, 0.717) is 0 Å². The third-order valence-corrected chi connectivity index (χ3v) is 14.6. The fraction of sp³-hybridized carbons (Fsp3) is 0.0476. The van der Waals surface area contributed by atoms with Gasteiger partial charge in [0, 0.05) is 39.1 Å². The second kappa shape index (κ2) is 13.9. The summed E-state index contributed by atoms with van der Waals surface area (Å²) in [4.78, 5) is 2.53. The monoisotopic (exact) mass is 826 g/mol. The first kappa shape index (κ1) is 36.3. The van der Waals surface area contributed by atoms with E-state index in [1.165, 1.54) is 105 Å². The summed E-state index contributed by atoms with van der Waals surface area (Å²) in [6.07, 6.45) is 6.72. The van der Waals surface area contributed by atoms with Crippen LogP contribution in [-0.2, 0) is 11.8 Å². The summed E-state index contributed by atoms with van der Waals surface area (Å²) in [6, 6.07) is 82.0. The fourth-order valence-corrected chi connectivity index (χ4v) is 12.1. The van der Waals surface area contributed by atoms with Gasteiger partial charge in [-0.05, 0) is 127 Å². The minimum Gasteiger partial charge on any atom is -0.313 e. The van der Waals surface area contributed by atoms with E-state index in [4.69, 9.17) is 0 Å². The topological polar surface area (TPSA) is 8.17 Å². The molecule has 1 aromatic heterocycles. The molecule has 1 unspecified atom stereocenters. The molecule has 0 saturated carbocycles. The Labute approximate surface area is 378 Å². The predicted octanol–water partition coefficient (Wildman–Crippen LogP) is 16.4. The van der Waals surface area contributed by atoms with Gasteiger partial charge in [-0.2, -0.15) is 0 Å². The van der Waals surface area contributed by atoms with Crippen LogP contribution in [0.15, 0.2) is 224 Å². The van der Waals surface area contributed by atoms with Crippen molar-refractivity contribution in [1.29, 1.82) is 0 Å². The van der Waals surface area contributed by atoms with Crippen LogP contribution in [0.25, 0.3) is 77.6 Å². The van der Waals surface area contributed by atoms with Gasteiger partial charge < -0.3 is 9.47 Å². The highest BCUT2D eigenvalue weighted by Gasteiger charge is 2.51. The zero-order valence-electron chi connectivity index (χ0n) is 35.7. The van der Waals surface area contributed by atoms with Gasteiger partial charge in [0.2, 0.25) is 0 Å². The lowest BCUT2D eigenvalue weighted by atomic mass is 9.61. The first-order valence-corrected chi connectivity index (χ1v) is 22.9. The van der Waals surface area contributed by atoms with Crippen molar-refractivity contribution in [3.8, 4) is 39.1 Å². The van der Waals surface area contributed by atoms with E-state index in [-0.39, 0.29) is 0 Å². The number of hydrogen-bond donors (Lipinski definition) is 0. The maximum absolute atomic E-state index is 2.55. The van der Waals surface area contributed by atoms with E-state index >= 15 is 0 Å². The van der Waals surface area contributed by atoms with Gasteiger partial charge in [-0.3, -0.25) is 0 Å². The lowest BCUT2D eigenvalue weighted by Gasteiger charge is -2.40. The van der Waals surface area contributed by atoms with Crippen molar-refractivity contribution in [3.05, 3.63) is 258 Å². The van der Waals surface area contributed by atoms with Crippen molar-refractivity contribution >= 4 is 55.6 Å². The molecule has 0 fully saturated rings. The van der Waals surface area contributed by atoms with Crippen LogP contribution < -0.4 is 4.90 Å². The van der Waals surface area contributed by atoms with E-state index in [2.05, 4.69) is 240 Å². The summed E-state index contributed by atoms with van der Waals surface area (Å²) in [7, 11) is 0. The van der Waals surface area contributed by atoms with E-state index in [0.717, 1.165) is 29.9 Å². The Morgan fingerprint density at radius 2 is 1.11 bits per heavy atom. The molecule has 1 atom stereocenters. The zero-order valence-corrected chi connectivity index (χ0v) is 35.7. The Kier molecular flexibility index (Phi) is 7.76. The Morgan fingerprint density at radius 3 is 2.02 bits per heavy atom. The number of fused-ring (bicyclic) bond motifs is 13. The van der Waals surface area contributed by atoms with E-state index < -0.39 is 5.41 Å². The van der Waals surface area contributed by atoms with Gasteiger partial charge in [-0.15, -0.1) is 0 Å². The van der Waals surface area contributed by atoms with Crippen LogP contribution in [0.5, 0.6) is 0 Å². The minimum atomic E-state index is -0.586. The van der Waals surface area contributed by atoms with Crippen LogP contribution in [-0.4, -0.2) is 4.57 Å². The molecule has 1 heterocycles. The van der Waals surface area contributed by atoms with Crippen LogP contribution >= 0.6 is 0 Å². The molecular weight excluding hydrogens is 785 g/mol. The minimum absolute atomic E-state index is 0.586. The summed E-state index contributed by atoms with van der Waals surface area (Å²) in [5, 5.41) is 6.31. The molecule has 0 bridgehead atoms. The molecule has 1 spiro atoms. The van der Waals surface area contributed by atoms with Crippen LogP contribution in [0.4, 0.5) is 17.1 Å². The van der Waals surface area contributed by atoms with Gasteiger partial charge in [-0.1, -0.05) is 188 Å². The molecule has 0 N–H and O–H groups in total. The van der Waals surface area contributed by atoms with E-state index in [1.807, 2.05) is 0 Å². The van der Waals surface area contributed by atoms with Crippen LogP contribution in [0.3, 0.4) is 0 Å². The van der Waals surface area contributed by atoms with Gasteiger partial charge in [0.25, 0.3) is 0 Å². The average molecular weight is 827 g/mol. The maximum atomic E-state index is 2.55. The lowest BCUT2D eigenvalue weighted by molar-refractivity contribution is 0.773. The van der Waals surface area contributed by atoms with Crippen molar-refractivity contribution in [2.24, 2.45) is 0 Å². The third kappa shape index (κ3) is 5.05. The quantitative estimate of drug-likeness (QED) is 0.168. The number of hydrogen-bond acceptors (Lipinski definition) is 1. The summed E-state index contributed by atoms with van der Waals surface area (Å²) in [5.41, 5.74) is 20.9. The second-order valence-corrected chi connectivity index (χ2v) is 17.8. The highest BCUT2D eigenvalue weighted by Crippen LogP contribution is 2.64. The highest BCUT2D eigenvalue weighted by molar-refractivity contribution is 6.09. The Hall–Kier alpha value is -8.20. The summed E-state index contributed by atoms with van der Waals surface area (Å²) < 4.78 is 2.51. The molecule has 0 radical (unpaired) electrons. The molecule has 0 amide bonds. The molecule has 3 aliphatic rings. The van der Waals surface area contributed by atoms with Crippen molar-refractivity contribution in [2.75, 3.05) is 4.90 Å². The predicted molar refractivity (Wildman–Crippen MR) is 272 cm³/mol. The summed E-state index contributed by atoms with van der Waals surface area (Å²) in [6.45, 7) is 0. The molecular formula is C63H42N2. The van der Waals surface area contributed by atoms with Gasteiger partial charge in [0.1, 0.15) is 0 Å². The van der Waals surface area contributed by atoms with Crippen LogP contribution in [0, 0.1) is 0 Å². The first-order chi connectivity index (χ1) is 32.3. The van der Waals surface area contributed by atoms with Crippen molar-refractivity contribution < 1.29 is 0 Å². The van der Waals surface area contributed by atoms with Crippen molar-refractivity contribution in [2.45, 2.75) is 18.3 Å². The van der Waals surface area contributed by atoms with Crippen LogP contribution in [0.1, 0.15) is 39.9 Å². The SMILES string of the molecule is C1=Cc2c(n(-c3ccccc3)c3cc(N(c4ccc5c(c4)C4(c6ccccc6-c6cccc7cccc4c67)c4cccc(-c6ccccc6)c4-5)c4cccc5ccccc45)ccc23)CC1. The summed E-state index contributed by atoms with van der Waals surface area (Å²) in [5.74, 6) is 0. The molecule has 10 aromatic carbocycles. The second-order valence-electron chi connectivity index (χ2n) is 17.8. The fourth-order valence-electron chi connectivity index (χ4n) is 12.1. The molecule has 304 valence electrons. The van der Waals surface area contributed by atoms with Crippen molar-refractivity contribution in [3.63, 3.8) is 0 Å². The zero-order chi connectivity index (χ0) is 42.6. The van der Waals surface area contributed by atoms with Gasteiger partial charge in [-0.25, -0.2) is 0 Å². The first-order valence-electron chi connectivity index (χ1n) is 22.9. The lowest BCUT2D eigenvalue weighted by Crippen LogP contribution is -2.32. The van der Waals surface area contributed by atoms with E-state index in [1.54, 1.807) is 0 Å². The Bertz CT molecular complexity index is 3770. The smallest absolute Gasteiger partial charge is 0.0726 e. The molecule has 0 saturated heterocycles. The molecule has 0 aliphatic heterocycles. The molecule has 11 aromatic rings. The molecule has 14 rings (SSSR count). The van der Waals surface area contributed by atoms with Gasteiger partial charge in [0.15, 0.2) is 0 Å². The normalized spacial score (nSPS) is 15.3. The molecule has 3 aliphatic carbocycles. The number of benzene rings is 10. The summed E-state index contributed by atoms with van der Waals surface area (Å²) >= 11 is 0. The third-order valence-electron chi connectivity index (χ3n) is 14.6. The Balaban J connectivity index is 1.10. The Morgan fingerprint density at radius 1 is 0.446 bits per heavy atom. The number of nitrogens with zero attached hydrogens (tertiary/aromatic N) is 2. The number of para-hydroxylation sites is 1. The standard InChI is InChI=1S/C63H42N2/c1-3-17-42(18-4-1)48-28-16-32-56-62(48)53-38-36-45(39-57(53)63(56)54-30-11-9-26-49(54)52-29-13-21-43-22-14-31-55(63)61(43)52)64(58-34-15-20-41-19-7-8-25-47(41)58)46-35-37-51-50-27-10-12-33-59(50)65(60(51)40-46)44-23-5-2-6-24-44/h1-11,13-32,34-40H,12,33H2. The number of anilines is 3. The largest absolute Gasteiger partial charge is 0.313 e. The van der Waals surface area contributed by atoms with Crippen LogP contribution in [0.2, 0.25) is 0 Å². The number of aromatic nitrogens is 1. The van der Waals surface area contributed by atoms with Gasteiger partial charge >= 0.3 is 0 Å². The van der Waals surface area contributed by atoms with Gasteiger partial charge in [0.05, 0.1) is 16.6 Å². The average Bonchev–Trinajstić information content (AvgIpc) is 3.86. The molecule has 65 heavy (non-hydrogen) atoms. The molecule has 2 nitrogen and oxygen atoms in total. The number of rotatable bonds is 5. The number of allylic oxidation sites excluding steroid dienone is 1. The molecule has 2 heteroatoms. The maximum Gasteiger partial charge on any atom is 0.0726 e. The van der Waals surface area contributed by atoms with E-state index in [9.17, 15) is 0 Å². The highest BCUT2D eigenvalue weighted by atomic mass is 15.1. The van der Waals surface area contributed by atoms with Crippen molar-refractivity contribution in [1.82, 2.24) is 4.57 Å².